The number of carbonyl (C=O) groups is 1. The molecule has 1 fully saturated rings. The zero-order valence-electron chi connectivity index (χ0n) is 17.4. The van der Waals surface area contributed by atoms with Gasteiger partial charge in [0.1, 0.15) is 17.3 Å². The van der Waals surface area contributed by atoms with Crippen LogP contribution in [0, 0.1) is 18.6 Å². The quantitative estimate of drug-likeness (QED) is 0.600. The molecule has 0 unspecified atom stereocenters. The number of para-hydroxylation sites is 1. The van der Waals surface area contributed by atoms with Crippen molar-refractivity contribution in [3.8, 4) is 5.69 Å². The summed E-state index contributed by atoms with van der Waals surface area (Å²) in [5, 5.41) is 4.18. The molecule has 0 spiro atoms. The first kappa shape index (κ1) is 22.1. The van der Waals surface area contributed by atoms with Crippen LogP contribution in [0.2, 0.25) is 0 Å². The Balaban J connectivity index is 1.51. The number of halogens is 2. The molecule has 1 aliphatic rings. The summed E-state index contributed by atoms with van der Waals surface area (Å²) < 4.78 is 55.8. The molecule has 0 N–H and O–H groups in total. The Labute approximate surface area is 184 Å². The van der Waals surface area contributed by atoms with Gasteiger partial charge >= 0.3 is 0 Å². The van der Waals surface area contributed by atoms with Crippen LogP contribution in [-0.2, 0) is 10.0 Å². The summed E-state index contributed by atoms with van der Waals surface area (Å²) in [6.07, 6.45) is 1.86. The Morgan fingerprint density at radius 2 is 1.69 bits per heavy atom. The van der Waals surface area contributed by atoms with E-state index in [1.807, 2.05) is 0 Å². The average Bonchev–Trinajstić information content (AvgIpc) is 2.98. The Morgan fingerprint density at radius 1 is 0.969 bits per heavy atom. The Kier molecular flexibility index (Phi) is 6.07. The molecule has 0 radical (unpaired) electrons. The van der Waals surface area contributed by atoms with E-state index >= 15 is 0 Å². The molecule has 32 heavy (non-hydrogen) atoms. The fraction of sp³-hybridized carbons (Fsp3) is 0.273. The van der Waals surface area contributed by atoms with E-state index in [0.717, 1.165) is 12.1 Å². The van der Waals surface area contributed by atoms with Gasteiger partial charge in [0, 0.05) is 26.2 Å². The summed E-state index contributed by atoms with van der Waals surface area (Å²) in [6, 6.07) is 10.8. The summed E-state index contributed by atoms with van der Waals surface area (Å²) in [5.41, 5.74) is 1.08. The van der Waals surface area contributed by atoms with Gasteiger partial charge in [0.05, 0.1) is 22.3 Å². The van der Waals surface area contributed by atoms with E-state index in [0.29, 0.717) is 24.2 Å². The highest BCUT2D eigenvalue weighted by Crippen LogP contribution is 2.21. The third kappa shape index (κ3) is 4.15. The predicted molar refractivity (Wildman–Crippen MR) is 114 cm³/mol. The maximum atomic E-state index is 14.2. The van der Waals surface area contributed by atoms with Crippen molar-refractivity contribution >= 4 is 15.9 Å². The molecule has 2 heterocycles. The summed E-state index contributed by atoms with van der Waals surface area (Å²) in [6.45, 7) is 2.63. The summed E-state index contributed by atoms with van der Waals surface area (Å²) in [5.74, 6) is -1.25. The Hall–Kier alpha value is -3.11. The second kappa shape index (κ2) is 8.79. The molecule has 7 nitrogen and oxygen atoms in total. The molecular formula is C22H22F2N4O3S. The highest BCUT2D eigenvalue weighted by atomic mass is 32.2. The minimum absolute atomic E-state index is 0.0145. The second-order valence-corrected chi connectivity index (χ2v) is 9.45. The van der Waals surface area contributed by atoms with Crippen molar-refractivity contribution in [3.05, 3.63) is 77.6 Å². The van der Waals surface area contributed by atoms with Crippen molar-refractivity contribution in [2.45, 2.75) is 18.2 Å². The van der Waals surface area contributed by atoms with Gasteiger partial charge in [-0.2, -0.15) is 9.40 Å². The molecule has 1 saturated heterocycles. The van der Waals surface area contributed by atoms with Gasteiger partial charge in [0.15, 0.2) is 0 Å². The molecule has 10 heteroatoms. The third-order valence-corrected chi connectivity index (χ3v) is 7.43. The van der Waals surface area contributed by atoms with Crippen LogP contribution >= 0.6 is 0 Å². The van der Waals surface area contributed by atoms with Gasteiger partial charge in [-0.05, 0) is 49.7 Å². The van der Waals surface area contributed by atoms with Crippen molar-refractivity contribution in [3.63, 3.8) is 0 Å². The van der Waals surface area contributed by atoms with Gasteiger partial charge in [0.25, 0.3) is 5.91 Å². The fourth-order valence-electron chi connectivity index (χ4n) is 3.75. The monoisotopic (exact) mass is 460 g/mol. The van der Waals surface area contributed by atoms with E-state index in [1.54, 1.807) is 30.0 Å². The standard InChI is InChI=1S/C22H22F2N4O3S/c1-16-19(15-25-28(16)21-6-3-2-5-20(21)24)22(29)26-11-4-12-27(14-13-26)32(30,31)18-9-7-17(23)8-10-18/h2-3,5-10,15H,4,11-14H2,1H3. The number of sulfonamides is 1. The molecule has 0 bridgehead atoms. The van der Waals surface area contributed by atoms with Gasteiger partial charge in [0.2, 0.25) is 10.0 Å². The predicted octanol–water partition coefficient (Wildman–Crippen LogP) is 3.00. The van der Waals surface area contributed by atoms with E-state index in [1.165, 1.54) is 33.4 Å². The lowest BCUT2D eigenvalue weighted by atomic mass is 10.2. The number of hydrogen-bond donors (Lipinski definition) is 0. The molecule has 2 aromatic carbocycles. The van der Waals surface area contributed by atoms with Crippen molar-refractivity contribution in [1.82, 2.24) is 19.0 Å². The number of carbonyl (C=O) groups excluding carboxylic acids is 1. The number of aromatic nitrogens is 2. The third-order valence-electron chi connectivity index (χ3n) is 5.51. The van der Waals surface area contributed by atoms with Gasteiger partial charge in [-0.3, -0.25) is 4.79 Å². The lowest BCUT2D eigenvalue weighted by molar-refractivity contribution is 0.0763. The number of amides is 1. The average molecular weight is 461 g/mol. The second-order valence-electron chi connectivity index (χ2n) is 7.51. The van der Waals surface area contributed by atoms with E-state index < -0.39 is 21.7 Å². The molecule has 0 aliphatic carbocycles. The molecule has 0 atom stereocenters. The van der Waals surface area contributed by atoms with Crippen LogP contribution in [-0.4, -0.2) is 59.5 Å². The number of nitrogens with zero attached hydrogens (tertiary/aromatic N) is 4. The zero-order valence-corrected chi connectivity index (χ0v) is 18.2. The summed E-state index contributed by atoms with van der Waals surface area (Å²) in [4.78, 5) is 14.7. The minimum Gasteiger partial charge on any atom is -0.337 e. The van der Waals surface area contributed by atoms with Crippen LogP contribution in [0.25, 0.3) is 5.69 Å². The SMILES string of the molecule is Cc1c(C(=O)N2CCCN(S(=O)(=O)c3ccc(F)cc3)CC2)cnn1-c1ccccc1F. The van der Waals surface area contributed by atoms with Crippen molar-refractivity contribution in [2.75, 3.05) is 26.2 Å². The van der Waals surface area contributed by atoms with Crippen molar-refractivity contribution in [1.29, 1.82) is 0 Å². The molecule has 168 valence electrons. The molecule has 1 aromatic heterocycles. The maximum Gasteiger partial charge on any atom is 0.257 e. The first-order valence-electron chi connectivity index (χ1n) is 10.1. The minimum atomic E-state index is -3.79. The largest absolute Gasteiger partial charge is 0.337 e. The van der Waals surface area contributed by atoms with E-state index in [-0.39, 0.29) is 36.1 Å². The summed E-state index contributed by atoms with van der Waals surface area (Å²) in [7, 11) is -3.79. The van der Waals surface area contributed by atoms with Crippen molar-refractivity contribution in [2.24, 2.45) is 0 Å². The van der Waals surface area contributed by atoms with Crippen LogP contribution in [0.15, 0.2) is 59.6 Å². The van der Waals surface area contributed by atoms with Crippen LogP contribution in [0.4, 0.5) is 8.78 Å². The van der Waals surface area contributed by atoms with E-state index in [4.69, 9.17) is 0 Å². The van der Waals surface area contributed by atoms with E-state index in [9.17, 15) is 22.0 Å². The van der Waals surface area contributed by atoms with Crippen LogP contribution in [0.1, 0.15) is 22.5 Å². The number of benzene rings is 2. The molecule has 1 amide bonds. The van der Waals surface area contributed by atoms with E-state index in [2.05, 4.69) is 5.10 Å². The Bertz CT molecular complexity index is 1240. The number of rotatable bonds is 4. The van der Waals surface area contributed by atoms with Crippen LogP contribution < -0.4 is 0 Å². The van der Waals surface area contributed by atoms with Crippen molar-refractivity contribution < 1.29 is 22.0 Å². The molecular weight excluding hydrogens is 438 g/mol. The van der Waals surface area contributed by atoms with Gasteiger partial charge in [-0.1, -0.05) is 12.1 Å². The molecule has 0 saturated carbocycles. The highest BCUT2D eigenvalue weighted by Gasteiger charge is 2.29. The first-order chi connectivity index (χ1) is 15.3. The lowest BCUT2D eigenvalue weighted by Crippen LogP contribution is -2.37. The molecule has 4 rings (SSSR count). The molecule has 1 aliphatic heterocycles. The van der Waals surface area contributed by atoms with Crippen LogP contribution in [0.5, 0.6) is 0 Å². The normalized spacial score (nSPS) is 15.5. The fourth-order valence-corrected chi connectivity index (χ4v) is 5.22. The lowest BCUT2D eigenvalue weighted by Gasteiger charge is -2.22. The van der Waals surface area contributed by atoms with Crippen LogP contribution in [0.3, 0.4) is 0 Å². The highest BCUT2D eigenvalue weighted by molar-refractivity contribution is 7.89. The maximum absolute atomic E-state index is 14.2. The van der Waals surface area contributed by atoms with Gasteiger partial charge in [-0.25, -0.2) is 21.9 Å². The van der Waals surface area contributed by atoms with Gasteiger partial charge in [-0.15, -0.1) is 0 Å². The zero-order chi connectivity index (χ0) is 22.9. The number of hydrogen-bond acceptors (Lipinski definition) is 4. The summed E-state index contributed by atoms with van der Waals surface area (Å²) >= 11 is 0. The smallest absolute Gasteiger partial charge is 0.257 e. The first-order valence-corrected chi connectivity index (χ1v) is 11.6. The molecule has 3 aromatic rings. The van der Waals surface area contributed by atoms with Gasteiger partial charge < -0.3 is 4.90 Å². The Morgan fingerprint density at radius 3 is 2.41 bits per heavy atom. The topological polar surface area (TPSA) is 75.5 Å².